The van der Waals surface area contributed by atoms with Crippen LogP contribution in [0.5, 0.6) is 0 Å². The third-order valence-electron chi connectivity index (χ3n) is 2.69. The number of likely N-dealkylation sites (N-methyl/N-ethyl adjacent to an activating group) is 1. The average Bonchev–Trinajstić information content (AvgIpc) is 2.86. The Hall–Kier alpha value is -1.15. The van der Waals surface area contributed by atoms with Crippen molar-refractivity contribution in [2.75, 3.05) is 31.9 Å². The Balaban J connectivity index is 2.44. The Morgan fingerprint density at radius 3 is 2.74 bits per heavy atom. The lowest BCUT2D eigenvalue weighted by Crippen LogP contribution is -2.32. The normalized spacial score (nSPS) is 10.7. The second kappa shape index (κ2) is 8.87. The number of carbonyl (C=O) groups is 1. The Morgan fingerprint density at radius 2 is 2.11 bits per heavy atom. The molecule has 19 heavy (non-hydrogen) atoms. The zero-order valence-electron chi connectivity index (χ0n) is 11.8. The molecule has 0 spiro atoms. The second-order valence-corrected chi connectivity index (χ2v) is 4.84. The molecule has 0 aliphatic rings. The molecule has 0 aliphatic carbocycles. The van der Waals surface area contributed by atoms with Gasteiger partial charge in [-0.05, 0) is 30.8 Å². The van der Waals surface area contributed by atoms with Crippen LogP contribution in [-0.4, -0.2) is 62.9 Å². The molecule has 0 atom stereocenters. The molecule has 1 aromatic rings. The highest BCUT2D eigenvalue weighted by Gasteiger charge is 2.13. The molecular formula is C11H22N6OS. The molecule has 7 nitrogen and oxygen atoms in total. The van der Waals surface area contributed by atoms with Gasteiger partial charge in [0.05, 0.1) is 12.3 Å². The zero-order valence-corrected chi connectivity index (χ0v) is 12.6. The van der Waals surface area contributed by atoms with E-state index in [0.717, 1.165) is 26.2 Å². The predicted octanol–water partition coefficient (Wildman–Crippen LogP) is 0.243. The summed E-state index contributed by atoms with van der Waals surface area (Å²) in [6.45, 7) is 9.94. The van der Waals surface area contributed by atoms with Crippen molar-refractivity contribution in [3.63, 3.8) is 0 Å². The van der Waals surface area contributed by atoms with Gasteiger partial charge in [0.25, 0.3) is 0 Å². The van der Waals surface area contributed by atoms with Crippen LogP contribution >= 0.6 is 11.8 Å². The lowest BCUT2D eigenvalue weighted by atomic mass is 10.5. The Labute approximate surface area is 118 Å². The summed E-state index contributed by atoms with van der Waals surface area (Å²) in [7, 11) is 0. The Kier molecular flexibility index (Phi) is 7.42. The van der Waals surface area contributed by atoms with E-state index < -0.39 is 0 Å². The van der Waals surface area contributed by atoms with Crippen molar-refractivity contribution in [3.8, 4) is 0 Å². The number of amides is 1. The Bertz CT molecular complexity index is 379. The van der Waals surface area contributed by atoms with Crippen LogP contribution in [0.2, 0.25) is 0 Å². The molecule has 0 radical (unpaired) electrons. The van der Waals surface area contributed by atoms with Crippen LogP contribution in [0.25, 0.3) is 0 Å². The van der Waals surface area contributed by atoms with Crippen LogP contribution in [0.1, 0.15) is 20.8 Å². The zero-order chi connectivity index (χ0) is 14.1. The molecule has 8 heteroatoms. The molecule has 0 aliphatic heterocycles. The van der Waals surface area contributed by atoms with E-state index in [1.54, 1.807) is 9.58 Å². The molecule has 0 saturated heterocycles. The van der Waals surface area contributed by atoms with Gasteiger partial charge in [0, 0.05) is 19.6 Å². The van der Waals surface area contributed by atoms with Gasteiger partial charge in [0.15, 0.2) is 0 Å². The second-order valence-electron chi connectivity index (χ2n) is 3.89. The number of tetrazole rings is 1. The minimum atomic E-state index is 0.122. The predicted molar refractivity (Wildman–Crippen MR) is 75.0 cm³/mol. The maximum Gasteiger partial charge on any atom is 0.233 e. The number of thioether (sulfide) groups is 1. The van der Waals surface area contributed by atoms with E-state index >= 15 is 0 Å². The first-order valence-corrected chi connectivity index (χ1v) is 7.58. The SMILES string of the molecule is CCNCCn1nnnc1SCC(=O)N(CC)CC. The minimum Gasteiger partial charge on any atom is -0.343 e. The van der Waals surface area contributed by atoms with Gasteiger partial charge in [-0.25, -0.2) is 4.68 Å². The van der Waals surface area contributed by atoms with Crippen molar-refractivity contribution < 1.29 is 4.79 Å². The Morgan fingerprint density at radius 1 is 1.37 bits per heavy atom. The van der Waals surface area contributed by atoms with Crippen molar-refractivity contribution >= 4 is 17.7 Å². The van der Waals surface area contributed by atoms with Crippen molar-refractivity contribution in [2.45, 2.75) is 32.5 Å². The highest BCUT2D eigenvalue weighted by molar-refractivity contribution is 7.99. The van der Waals surface area contributed by atoms with E-state index in [1.807, 2.05) is 13.8 Å². The van der Waals surface area contributed by atoms with Gasteiger partial charge in [0.2, 0.25) is 11.1 Å². The van der Waals surface area contributed by atoms with Crippen LogP contribution in [0, 0.1) is 0 Å². The maximum atomic E-state index is 11.9. The third kappa shape index (κ3) is 5.15. The smallest absolute Gasteiger partial charge is 0.233 e. The van der Waals surface area contributed by atoms with Crippen molar-refractivity contribution in [2.24, 2.45) is 0 Å². The monoisotopic (exact) mass is 286 g/mol. The van der Waals surface area contributed by atoms with Crippen molar-refractivity contribution in [1.29, 1.82) is 0 Å². The lowest BCUT2D eigenvalue weighted by Gasteiger charge is -2.17. The van der Waals surface area contributed by atoms with Crippen molar-refractivity contribution in [3.05, 3.63) is 0 Å². The van der Waals surface area contributed by atoms with Crippen LogP contribution in [0.4, 0.5) is 0 Å². The van der Waals surface area contributed by atoms with Crippen LogP contribution in [0.15, 0.2) is 5.16 Å². The van der Waals surface area contributed by atoms with Gasteiger partial charge in [-0.15, -0.1) is 5.10 Å². The molecule has 0 aromatic carbocycles. The summed E-state index contributed by atoms with van der Waals surface area (Å²) in [5.41, 5.74) is 0. The average molecular weight is 286 g/mol. The fourth-order valence-electron chi connectivity index (χ4n) is 1.60. The van der Waals surface area contributed by atoms with E-state index in [0.29, 0.717) is 17.5 Å². The largest absolute Gasteiger partial charge is 0.343 e. The third-order valence-corrected chi connectivity index (χ3v) is 3.63. The summed E-state index contributed by atoms with van der Waals surface area (Å²) >= 11 is 1.39. The van der Waals surface area contributed by atoms with E-state index in [2.05, 4.69) is 27.8 Å². The standard InChI is InChI=1S/C11H22N6OS/c1-4-12-7-8-17-11(13-14-15-17)19-9-10(18)16(5-2)6-3/h12H,4-9H2,1-3H3. The molecular weight excluding hydrogens is 264 g/mol. The number of nitrogens with zero attached hydrogens (tertiary/aromatic N) is 5. The van der Waals surface area contributed by atoms with Gasteiger partial charge in [0.1, 0.15) is 0 Å². The lowest BCUT2D eigenvalue weighted by molar-refractivity contribution is -0.127. The topological polar surface area (TPSA) is 75.9 Å². The molecule has 0 bridgehead atoms. The first-order valence-electron chi connectivity index (χ1n) is 6.60. The van der Waals surface area contributed by atoms with E-state index in [-0.39, 0.29) is 5.91 Å². The number of aromatic nitrogens is 4. The van der Waals surface area contributed by atoms with Gasteiger partial charge in [-0.2, -0.15) is 0 Å². The number of hydrogen-bond donors (Lipinski definition) is 1. The molecule has 0 unspecified atom stereocenters. The molecule has 0 saturated carbocycles. The fourth-order valence-corrected chi connectivity index (χ4v) is 2.40. The quantitative estimate of drug-likeness (QED) is 0.518. The first-order chi connectivity index (χ1) is 9.22. The summed E-state index contributed by atoms with van der Waals surface area (Å²) in [5, 5.41) is 15.4. The van der Waals surface area contributed by atoms with Crippen LogP contribution in [0.3, 0.4) is 0 Å². The molecule has 108 valence electrons. The number of nitrogens with one attached hydrogen (secondary N) is 1. The molecule has 0 fully saturated rings. The van der Waals surface area contributed by atoms with Crippen molar-refractivity contribution in [1.82, 2.24) is 30.4 Å². The number of rotatable bonds is 9. The highest BCUT2D eigenvalue weighted by Crippen LogP contribution is 2.13. The molecule has 1 amide bonds. The van der Waals surface area contributed by atoms with Gasteiger partial charge < -0.3 is 10.2 Å². The first kappa shape index (κ1) is 15.9. The summed E-state index contributed by atoms with van der Waals surface area (Å²) in [5.74, 6) is 0.500. The van der Waals surface area contributed by atoms with E-state index in [4.69, 9.17) is 0 Å². The van der Waals surface area contributed by atoms with Gasteiger partial charge >= 0.3 is 0 Å². The summed E-state index contributed by atoms with van der Waals surface area (Å²) in [6, 6.07) is 0. The number of hydrogen-bond acceptors (Lipinski definition) is 6. The molecule has 1 N–H and O–H groups in total. The molecule has 1 rings (SSSR count). The van der Waals surface area contributed by atoms with E-state index in [1.165, 1.54) is 11.8 Å². The summed E-state index contributed by atoms with van der Waals surface area (Å²) in [6.07, 6.45) is 0. The summed E-state index contributed by atoms with van der Waals surface area (Å²) < 4.78 is 1.73. The number of carbonyl (C=O) groups excluding carboxylic acids is 1. The minimum absolute atomic E-state index is 0.122. The van der Waals surface area contributed by atoms with E-state index in [9.17, 15) is 4.79 Å². The fraction of sp³-hybridized carbons (Fsp3) is 0.818. The van der Waals surface area contributed by atoms with Crippen LogP contribution < -0.4 is 5.32 Å². The van der Waals surface area contributed by atoms with Gasteiger partial charge in [-0.3, -0.25) is 4.79 Å². The van der Waals surface area contributed by atoms with Crippen LogP contribution in [-0.2, 0) is 11.3 Å². The molecule has 1 aromatic heterocycles. The summed E-state index contributed by atoms with van der Waals surface area (Å²) in [4.78, 5) is 13.7. The highest BCUT2D eigenvalue weighted by atomic mass is 32.2. The maximum absolute atomic E-state index is 11.9. The van der Waals surface area contributed by atoms with Gasteiger partial charge in [-0.1, -0.05) is 18.7 Å². The molecule has 1 heterocycles.